The fourth-order valence-electron chi connectivity index (χ4n) is 1.38. The van der Waals surface area contributed by atoms with Crippen LogP contribution in [-0.2, 0) is 0 Å². The summed E-state index contributed by atoms with van der Waals surface area (Å²) >= 11 is 0. The summed E-state index contributed by atoms with van der Waals surface area (Å²) in [5.74, 6) is -1.36. The van der Waals surface area contributed by atoms with Gasteiger partial charge in [-0.2, -0.15) is 4.39 Å². The van der Waals surface area contributed by atoms with Crippen LogP contribution >= 0.6 is 0 Å². The molecule has 1 heterocycles. The highest BCUT2D eigenvalue weighted by Crippen LogP contribution is 2.24. The van der Waals surface area contributed by atoms with E-state index in [1.165, 1.54) is 18.2 Å². The van der Waals surface area contributed by atoms with Gasteiger partial charge in [0.1, 0.15) is 0 Å². The number of nitrogens with one attached hydrogen (secondary N) is 1. The number of aromatic amines is 1. The van der Waals surface area contributed by atoms with Crippen molar-refractivity contribution in [1.82, 2.24) is 4.98 Å². The second kappa shape index (κ2) is 3.16. The topological polar surface area (TPSA) is 76.0 Å². The van der Waals surface area contributed by atoms with Gasteiger partial charge in [-0.3, -0.25) is 14.9 Å². The van der Waals surface area contributed by atoms with Crippen molar-refractivity contribution in [3.8, 4) is 0 Å². The minimum absolute atomic E-state index is 0.0830. The molecule has 2 rings (SSSR count). The van der Waals surface area contributed by atoms with Gasteiger partial charge in [-0.1, -0.05) is 12.1 Å². The first kappa shape index (κ1) is 9.32. The van der Waals surface area contributed by atoms with Crippen molar-refractivity contribution in [1.29, 1.82) is 0 Å². The van der Waals surface area contributed by atoms with Crippen LogP contribution in [0.4, 0.5) is 10.1 Å². The van der Waals surface area contributed by atoms with Crippen LogP contribution in [0.25, 0.3) is 10.9 Å². The van der Waals surface area contributed by atoms with E-state index in [0.717, 1.165) is 0 Å². The normalized spacial score (nSPS) is 10.5. The van der Waals surface area contributed by atoms with E-state index in [9.17, 15) is 19.3 Å². The van der Waals surface area contributed by atoms with Gasteiger partial charge in [0.05, 0.1) is 15.8 Å². The fourth-order valence-corrected chi connectivity index (χ4v) is 1.38. The van der Waals surface area contributed by atoms with Gasteiger partial charge in [-0.05, 0) is 12.1 Å². The Kier molecular flexibility index (Phi) is 1.96. The summed E-state index contributed by atoms with van der Waals surface area (Å²) in [4.78, 5) is 22.9. The summed E-state index contributed by atoms with van der Waals surface area (Å²) in [7, 11) is 0. The maximum atomic E-state index is 13.2. The van der Waals surface area contributed by atoms with Gasteiger partial charge in [-0.15, -0.1) is 0 Å². The number of fused-ring (bicyclic) bond motifs is 1. The zero-order valence-electron chi connectivity index (χ0n) is 7.36. The maximum absolute atomic E-state index is 13.2. The second-order valence-electron chi connectivity index (χ2n) is 2.92. The van der Waals surface area contributed by atoms with E-state index in [-0.39, 0.29) is 10.9 Å². The molecule has 0 bridgehead atoms. The highest BCUT2D eigenvalue weighted by atomic mass is 19.1. The SMILES string of the molecule is O=c1[nH]c2ccccc2c([N+](=O)[O-])c1F. The molecule has 1 aromatic carbocycles. The Hall–Kier alpha value is -2.24. The number of aromatic nitrogens is 1. The fraction of sp³-hybridized carbons (Fsp3) is 0. The molecule has 0 aliphatic heterocycles. The molecule has 0 radical (unpaired) electrons. The molecule has 0 unspecified atom stereocenters. The van der Waals surface area contributed by atoms with Crippen LogP contribution < -0.4 is 5.56 Å². The lowest BCUT2D eigenvalue weighted by Gasteiger charge is -1.99. The number of nitrogens with zero attached hydrogens (tertiary/aromatic N) is 1. The van der Waals surface area contributed by atoms with Crippen molar-refractivity contribution in [2.75, 3.05) is 0 Å². The molecule has 6 heteroatoms. The Labute approximate surface area is 82.3 Å². The van der Waals surface area contributed by atoms with Crippen LogP contribution in [-0.4, -0.2) is 9.91 Å². The number of hydrogen-bond acceptors (Lipinski definition) is 3. The Morgan fingerprint density at radius 2 is 2.00 bits per heavy atom. The molecule has 0 atom stereocenters. The van der Waals surface area contributed by atoms with E-state index >= 15 is 0 Å². The molecule has 0 fully saturated rings. The number of rotatable bonds is 1. The molecule has 15 heavy (non-hydrogen) atoms. The molecule has 0 saturated heterocycles. The van der Waals surface area contributed by atoms with Gasteiger partial charge in [-0.25, -0.2) is 0 Å². The first-order valence-electron chi connectivity index (χ1n) is 4.06. The van der Waals surface area contributed by atoms with Gasteiger partial charge in [0, 0.05) is 0 Å². The molecule has 1 N–H and O–H groups in total. The lowest BCUT2D eigenvalue weighted by Crippen LogP contribution is -2.13. The summed E-state index contributed by atoms with van der Waals surface area (Å²) < 4.78 is 13.2. The van der Waals surface area contributed by atoms with Crippen molar-refractivity contribution < 1.29 is 9.31 Å². The maximum Gasteiger partial charge on any atom is 0.319 e. The molecule has 0 saturated carbocycles. The number of nitro groups is 1. The van der Waals surface area contributed by atoms with E-state index in [1.54, 1.807) is 6.07 Å². The highest BCUT2D eigenvalue weighted by Gasteiger charge is 2.21. The largest absolute Gasteiger partial charge is 0.319 e. The van der Waals surface area contributed by atoms with Crippen molar-refractivity contribution >= 4 is 16.6 Å². The van der Waals surface area contributed by atoms with Crippen LogP contribution in [0.15, 0.2) is 29.1 Å². The van der Waals surface area contributed by atoms with E-state index in [4.69, 9.17) is 0 Å². The van der Waals surface area contributed by atoms with Crippen molar-refractivity contribution in [2.24, 2.45) is 0 Å². The molecular formula is C9H5FN2O3. The Morgan fingerprint density at radius 1 is 1.33 bits per heavy atom. The van der Waals surface area contributed by atoms with Gasteiger partial charge < -0.3 is 4.98 Å². The summed E-state index contributed by atoms with van der Waals surface area (Å²) in [6.07, 6.45) is 0. The average molecular weight is 208 g/mol. The van der Waals surface area contributed by atoms with Crippen molar-refractivity contribution in [3.63, 3.8) is 0 Å². The molecule has 76 valence electrons. The molecule has 1 aromatic heterocycles. The quantitative estimate of drug-likeness (QED) is 0.570. The van der Waals surface area contributed by atoms with Crippen LogP contribution in [0.5, 0.6) is 0 Å². The Morgan fingerprint density at radius 3 is 2.67 bits per heavy atom. The molecule has 0 aliphatic rings. The van der Waals surface area contributed by atoms with Gasteiger partial charge >= 0.3 is 5.69 Å². The summed E-state index contributed by atoms with van der Waals surface area (Å²) in [5.41, 5.74) is -1.62. The number of benzene rings is 1. The molecule has 0 aliphatic carbocycles. The monoisotopic (exact) mass is 208 g/mol. The predicted octanol–water partition coefficient (Wildman–Crippen LogP) is 1.58. The first-order chi connectivity index (χ1) is 7.11. The van der Waals surface area contributed by atoms with Gasteiger partial charge in [0.2, 0.25) is 0 Å². The third kappa shape index (κ3) is 1.35. The molecule has 5 nitrogen and oxygen atoms in total. The number of pyridine rings is 1. The van der Waals surface area contributed by atoms with E-state index in [1.807, 2.05) is 0 Å². The number of H-pyrrole nitrogens is 1. The zero-order chi connectivity index (χ0) is 11.0. The molecular weight excluding hydrogens is 203 g/mol. The van der Waals surface area contributed by atoms with E-state index in [0.29, 0.717) is 0 Å². The van der Waals surface area contributed by atoms with Crippen LogP contribution in [0.3, 0.4) is 0 Å². The number of hydrogen-bond donors (Lipinski definition) is 1. The Balaban J connectivity index is 3.02. The lowest BCUT2D eigenvalue weighted by molar-refractivity contribution is -0.385. The van der Waals surface area contributed by atoms with E-state index in [2.05, 4.69) is 4.98 Å². The van der Waals surface area contributed by atoms with Crippen molar-refractivity contribution in [3.05, 3.63) is 50.6 Å². The third-order valence-corrected chi connectivity index (χ3v) is 2.02. The Bertz CT molecular complexity index is 606. The van der Waals surface area contributed by atoms with Gasteiger partial charge in [0.25, 0.3) is 11.4 Å². The lowest BCUT2D eigenvalue weighted by atomic mass is 10.2. The molecule has 0 spiro atoms. The second-order valence-corrected chi connectivity index (χ2v) is 2.92. The average Bonchev–Trinajstić information content (AvgIpc) is 2.19. The molecule has 0 amide bonds. The molecule has 2 aromatic rings. The summed E-state index contributed by atoms with van der Waals surface area (Å²) in [5, 5.41) is 10.7. The first-order valence-corrected chi connectivity index (χ1v) is 4.06. The minimum atomic E-state index is -1.36. The summed E-state index contributed by atoms with van der Waals surface area (Å²) in [6.45, 7) is 0. The van der Waals surface area contributed by atoms with Crippen LogP contribution in [0.1, 0.15) is 0 Å². The minimum Gasteiger partial charge on any atom is -0.319 e. The predicted molar refractivity (Wildman–Crippen MR) is 51.2 cm³/mol. The highest BCUT2D eigenvalue weighted by molar-refractivity contribution is 5.87. The number of para-hydroxylation sites is 1. The van der Waals surface area contributed by atoms with E-state index < -0.39 is 22.0 Å². The van der Waals surface area contributed by atoms with Gasteiger partial charge in [0.15, 0.2) is 0 Å². The number of halogens is 1. The van der Waals surface area contributed by atoms with Crippen LogP contribution in [0.2, 0.25) is 0 Å². The zero-order valence-corrected chi connectivity index (χ0v) is 7.36. The summed E-state index contributed by atoms with van der Waals surface area (Å²) in [6, 6.07) is 5.99. The smallest absolute Gasteiger partial charge is 0.319 e. The van der Waals surface area contributed by atoms with Crippen LogP contribution in [0, 0.1) is 15.9 Å². The van der Waals surface area contributed by atoms with Crippen molar-refractivity contribution in [2.45, 2.75) is 0 Å². The standard InChI is InChI=1S/C9H5FN2O3/c10-7-8(12(14)15)5-3-1-2-4-6(5)11-9(7)13/h1-4H,(H,11,13). The third-order valence-electron chi connectivity index (χ3n) is 2.02.